The van der Waals surface area contributed by atoms with E-state index in [9.17, 15) is 0 Å². The fourth-order valence-corrected chi connectivity index (χ4v) is 1.97. The summed E-state index contributed by atoms with van der Waals surface area (Å²) < 4.78 is 0. The lowest BCUT2D eigenvalue weighted by molar-refractivity contribution is 0.316. The Kier molecular flexibility index (Phi) is 4.45. The lowest BCUT2D eigenvalue weighted by Crippen LogP contribution is -2.18. The number of likely N-dealkylation sites (tertiary alicyclic amines) is 1. The minimum atomic E-state index is 0. The Morgan fingerprint density at radius 2 is 2.13 bits per heavy atom. The van der Waals surface area contributed by atoms with Crippen molar-refractivity contribution in [1.82, 2.24) is 14.9 Å². The van der Waals surface area contributed by atoms with E-state index in [-0.39, 0.29) is 12.4 Å². The molecule has 5 heteroatoms. The predicted molar refractivity (Wildman–Crippen MR) is 61.8 cm³/mol. The Hall–Kier alpha value is -0.710. The average Bonchev–Trinajstić information content (AvgIpc) is 2.65. The van der Waals surface area contributed by atoms with Gasteiger partial charge in [0.15, 0.2) is 0 Å². The van der Waals surface area contributed by atoms with Gasteiger partial charge in [-0.1, -0.05) is 0 Å². The van der Waals surface area contributed by atoms with Crippen molar-refractivity contribution in [2.24, 2.45) is 5.73 Å². The molecule has 1 aromatic heterocycles. The van der Waals surface area contributed by atoms with E-state index in [1.165, 1.54) is 24.9 Å². The Balaban J connectivity index is 0.00000112. The number of hydrogen-bond donors (Lipinski definition) is 1. The molecule has 1 aromatic rings. The Morgan fingerprint density at radius 3 is 2.60 bits per heavy atom. The van der Waals surface area contributed by atoms with E-state index >= 15 is 0 Å². The number of nitrogens with two attached hydrogens (primary N) is 1. The third-order valence-corrected chi connectivity index (χ3v) is 2.81. The summed E-state index contributed by atoms with van der Waals surface area (Å²) in [6, 6.07) is 0.502. The number of halogens is 1. The highest BCUT2D eigenvalue weighted by Crippen LogP contribution is 2.29. The highest BCUT2D eigenvalue weighted by molar-refractivity contribution is 5.85. The first-order valence-corrected chi connectivity index (χ1v) is 5.02. The first kappa shape index (κ1) is 12.4. The van der Waals surface area contributed by atoms with E-state index < -0.39 is 0 Å². The fourth-order valence-electron chi connectivity index (χ4n) is 1.97. The maximum atomic E-state index is 5.45. The molecule has 0 amide bonds. The monoisotopic (exact) mass is 228 g/mol. The smallest absolute Gasteiger partial charge is 0.141 e. The maximum absolute atomic E-state index is 5.45. The Labute approximate surface area is 96.3 Å². The summed E-state index contributed by atoms with van der Waals surface area (Å²) in [4.78, 5) is 10.8. The molecule has 0 spiro atoms. The zero-order valence-electron chi connectivity index (χ0n) is 8.89. The molecule has 2 N–H and O–H groups in total. The van der Waals surface area contributed by atoms with Crippen LogP contribution < -0.4 is 5.73 Å². The molecule has 1 unspecified atom stereocenters. The van der Waals surface area contributed by atoms with Crippen LogP contribution in [0.25, 0.3) is 0 Å². The second-order valence-corrected chi connectivity index (χ2v) is 3.78. The topological polar surface area (TPSA) is 55.0 Å². The van der Waals surface area contributed by atoms with Crippen LogP contribution in [0.1, 0.15) is 30.3 Å². The van der Waals surface area contributed by atoms with Crippen LogP contribution in [0.3, 0.4) is 0 Å². The first-order chi connectivity index (χ1) is 6.81. The van der Waals surface area contributed by atoms with Gasteiger partial charge in [-0.25, -0.2) is 9.97 Å². The van der Waals surface area contributed by atoms with E-state index in [0.29, 0.717) is 12.6 Å². The van der Waals surface area contributed by atoms with Gasteiger partial charge in [-0.05, 0) is 26.4 Å². The van der Waals surface area contributed by atoms with Crippen molar-refractivity contribution < 1.29 is 0 Å². The summed E-state index contributed by atoms with van der Waals surface area (Å²) in [5.74, 6) is 0.717. The van der Waals surface area contributed by atoms with Gasteiger partial charge in [0.1, 0.15) is 5.82 Å². The minimum absolute atomic E-state index is 0. The van der Waals surface area contributed by atoms with Crippen LogP contribution in [0, 0.1) is 0 Å². The third kappa shape index (κ3) is 2.65. The van der Waals surface area contributed by atoms with Crippen LogP contribution in [0.5, 0.6) is 0 Å². The highest BCUT2D eigenvalue weighted by atomic mass is 35.5. The molecule has 1 fully saturated rings. The van der Waals surface area contributed by atoms with Crippen molar-refractivity contribution >= 4 is 12.4 Å². The van der Waals surface area contributed by atoms with E-state index in [4.69, 9.17) is 5.73 Å². The van der Waals surface area contributed by atoms with Crippen molar-refractivity contribution in [2.75, 3.05) is 13.6 Å². The normalized spacial score (nSPS) is 21.3. The van der Waals surface area contributed by atoms with Crippen LogP contribution in [0.15, 0.2) is 12.4 Å². The zero-order valence-corrected chi connectivity index (χ0v) is 9.70. The van der Waals surface area contributed by atoms with Crippen molar-refractivity contribution in [1.29, 1.82) is 0 Å². The van der Waals surface area contributed by atoms with Gasteiger partial charge < -0.3 is 5.73 Å². The summed E-state index contributed by atoms with van der Waals surface area (Å²) >= 11 is 0. The van der Waals surface area contributed by atoms with Crippen molar-refractivity contribution in [3.8, 4) is 0 Å². The van der Waals surface area contributed by atoms with Crippen LogP contribution in [-0.4, -0.2) is 28.5 Å². The maximum Gasteiger partial charge on any atom is 0.141 e. The molecule has 0 radical (unpaired) electrons. The highest BCUT2D eigenvalue weighted by Gasteiger charge is 2.22. The second kappa shape index (κ2) is 5.39. The molecule has 15 heavy (non-hydrogen) atoms. The summed E-state index contributed by atoms with van der Waals surface area (Å²) in [6.07, 6.45) is 6.28. The SMILES string of the molecule is CN1CCCC1c1cnc(CN)nc1.Cl. The number of rotatable bonds is 2. The zero-order chi connectivity index (χ0) is 9.97. The molecular formula is C10H17ClN4. The lowest BCUT2D eigenvalue weighted by atomic mass is 10.1. The van der Waals surface area contributed by atoms with Gasteiger partial charge in [0.25, 0.3) is 0 Å². The van der Waals surface area contributed by atoms with Gasteiger partial charge in [0.05, 0.1) is 6.54 Å². The van der Waals surface area contributed by atoms with E-state index in [1.807, 2.05) is 12.4 Å². The Morgan fingerprint density at radius 1 is 1.47 bits per heavy atom. The fraction of sp³-hybridized carbons (Fsp3) is 0.600. The van der Waals surface area contributed by atoms with Crippen LogP contribution in [0.4, 0.5) is 0 Å². The van der Waals surface area contributed by atoms with Gasteiger partial charge in [0, 0.05) is 24.0 Å². The molecule has 1 atom stereocenters. The standard InChI is InChI=1S/C10H16N4.ClH/c1-14-4-2-3-9(14)8-6-12-10(5-11)13-7-8;/h6-7,9H,2-5,11H2,1H3;1H. The van der Waals surface area contributed by atoms with Crippen LogP contribution >= 0.6 is 12.4 Å². The second-order valence-electron chi connectivity index (χ2n) is 3.78. The van der Waals surface area contributed by atoms with Crippen molar-refractivity contribution in [3.05, 3.63) is 23.8 Å². The van der Waals surface area contributed by atoms with Gasteiger partial charge >= 0.3 is 0 Å². The minimum Gasteiger partial charge on any atom is -0.324 e. The summed E-state index contributed by atoms with van der Waals surface area (Å²) in [5.41, 5.74) is 6.66. The molecule has 84 valence electrons. The predicted octanol–water partition coefficient (Wildman–Crippen LogP) is 1.12. The summed E-state index contributed by atoms with van der Waals surface area (Å²) in [6.45, 7) is 1.59. The quantitative estimate of drug-likeness (QED) is 0.825. The molecule has 0 aliphatic carbocycles. The van der Waals surface area contributed by atoms with Gasteiger partial charge in [-0.3, -0.25) is 4.90 Å². The number of aromatic nitrogens is 2. The third-order valence-electron chi connectivity index (χ3n) is 2.81. The van der Waals surface area contributed by atoms with E-state index in [0.717, 1.165) is 5.82 Å². The first-order valence-electron chi connectivity index (χ1n) is 5.02. The van der Waals surface area contributed by atoms with Gasteiger partial charge in [-0.15, -0.1) is 12.4 Å². The van der Waals surface area contributed by atoms with E-state index in [1.54, 1.807) is 0 Å². The molecule has 1 saturated heterocycles. The summed E-state index contributed by atoms with van der Waals surface area (Å²) in [7, 11) is 2.15. The largest absolute Gasteiger partial charge is 0.324 e. The molecule has 0 bridgehead atoms. The molecule has 0 aromatic carbocycles. The number of hydrogen-bond acceptors (Lipinski definition) is 4. The van der Waals surface area contributed by atoms with E-state index in [2.05, 4.69) is 21.9 Å². The van der Waals surface area contributed by atoms with Crippen LogP contribution in [-0.2, 0) is 6.54 Å². The molecule has 2 heterocycles. The van der Waals surface area contributed by atoms with Gasteiger partial charge in [0.2, 0.25) is 0 Å². The molecule has 4 nitrogen and oxygen atoms in total. The van der Waals surface area contributed by atoms with Crippen LogP contribution in [0.2, 0.25) is 0 Å². The van der Waals surface area contributed by atoms with Gasteiger partial charge in [-0.2, -0.15) is 0 Å². The molecule has 0 saturated carbocycles. The number of nitrogens with zero attached hydrogens (tertiary/aromatic N) is 3. The van der Waals surface area contributed by atoms with Crippen molar-refractivity contribution in [2.45, 2.75) is 25.4 Å². The lowest BCUT2D eigenvalue weighted by Gasteiger charge is -2.18. The molecular weight excluding hydrogens is 212 g/mol. The molecule has 2 rings (SSSR count). The molecule has 1 aliphatic rings. The summed E-state index contributed by atoms with van der Waals surface area (Å²) in [5, 5.41) is 0. The van der Waals surface area contributed by atoms with Crippen molar-refractivity contribution in [3.63, 3.8) is 0 Å². The Bertz CT molecular complexity index is 301. The molecule has 1 aliphatic heterocycles. The average molecular weight is 229 g/mol.